The van der Waals surface area contributed by atoms with Gasteiger partial charge in [-0.3, -0.25) is 10.2 Å². The summed E-state index contributed by atoms with van der Waals surface area (Å²) in [4.78, 5) is 11.1. The van der Waals surface area contributed by atoms with Gasteiger partial charge in [0.2, 0.25) is 12.7 Å². The number of hydrogen-bond acceptors (Lipinski definition) is 7. The van der Waals surface area contributed by atoms with E-state index in [0.717, 1.165) is 11.3 Å². The summed E-state index contributed by atoms with van der Waals surface area (Å²) < 4.78 is 10.5. The molecule has 1 unspecified atom stereocenters. The summed E-state index contributed by atoms with van der Waals surface area (Å²) in [5.74, 6) is 1.33. The number of nitrogens with zero attached hydrogens (tertiary/aromatic N) is 1. The smallest absolute Gasteiger partial charge is 0.238 e. The molecule has 1 fully saturated rings. The van der Waals surface area contributed by atoms with Gasteiger partial charge in [-0.15, -0.1) is 0 Å². The van der Waals surface area contributed by atoms with Gasteiger partial charge in [0.05, 0.1) is 12.8 Å². The number of hydrazone groups is 1. The van der Waals surface area contributed by atoms with E-state index < -0.39 is 6.29 Å². The third-order valence-corrected chi connectivity index (χ3v) is 2.61. The Bertz CT molecular complexity index is 519. The van der Waals surface area contributed by atoms with Gasteiger partial charge in [-0.2, -0.15) is 5.10 Å². The molecule has 8 heteroatoms. The first-order valence-electron chi connectivity index (χ1n) is 5.77. The zero-order chi connectivity index (χ0) is 13.1. The standard InChI is InChI=1S/C11H13N5O3/c17-10-5-13-16-11(14-10)15-12-4-7-1-2-8-9(3-7)19-6-18-8/h1-4,11,13,15-16H,5-6H2,(H,14,17)/b12-4+. The molecule has 1 aromatic carbocycles. The number of carbonyl (C=O) groups excluding carboxylic acids is 1. The average Bonchev–Trinajstić information content (AvgIpc) is 2.86. The van der Waals surface area contributed by atoms with Crippen LogP contribution >= 0.6 is 0 Å². The summed E-state index contributed by atoms with van der Waals surface area (Å²) in [7, 11) is 0. The Morgan fingerprint density at radius 1 is 1.37 bits per heavy atom. The summed E-state index contributed by atoms with van der Waals surface area (Å²) in [5.41, 5.74) is 9.19. The van der Waals surface area contributed by atoms with Crippen molar-refractivity contribution in [3.8, 4) is 11.5 Å². The number of benzene rings is 1. The summed E-state index contributed by atoms with van der Waals surface area (Å²) in [5, 5.41) is 6.70. The van der Waals surface area contributed by atoms with Crippen LogP contribution in [0.15, 0.2) is 23.3 Å². The number of ether oxygens (including phenoxy) is 2. The molecule has 2 aliphatic heterocycles. The maximum atomic E-state index is 11.1. The van der Waals surface area contributed by atoms with E-state index >= 15 is 0 Å². The maximum absolute atomic E-state index is 11.1. The van der Waals surface area contributed by atoms with Gasteiger partial charge in [0.25, 0.3) is 0 Å². The van der Waals surface area contributed by atoms with Gasteiger partial charge in [0, 0.05) is 0 Å². The van der Waals surface area contributed by atoms with E-state index in [1.807, 2.05) is 18.2 Å². The van der Waals surface area contributed by atoms with E-state index in [1.54, 1.807) is 6.21 Å². The molecule has 100 valence electrons. The molecule has 0 saturated carbocycles. The van der Waals surface area contributed by atoms with Gasteiger partial charge in [-0.1, -0.05) is 0 Å². The minimum atomic E-state index is -0.438. The number of fused-ring (bicyclic) bond motifs is 1. The molecule has 8 nitrogen and oxygen atoms in total. The fourth-order valence-corrected chi connectivity index (χ4v) is 1.73. The molecule has 0 aliphatic carbocycles. The highest BCUT2D eigenvalue weighted by Gasteiger charge is 2.15. The molecule has 2 aliphatic rings. The molecular weight excluding hydrogens is 250 g/mol. The minimum Gasteiger partial charge on any atom is -0.454 e. The predicted molar refractivity (Wildman–Crippen MR) is 66.4 cm³/mol. The van der Waals surface area contributed by atoms with Crippen LogP contribution in [0.5, 0.6) is 11.5 Å². The molecular formula is C11H13N5O3. The highest BCUT2D eigenvalue weighted by Crippen LogP contribution is 2.31. The summed E-state index contributed by atoms with van der Waals surface area (Å²) >= 11 is 0. The summed E-state index contributed by atoms with van der Waals surface area (Å²) in [6.07, 6.45) is 1.19. The molecule has 4 N–H and O–H groups in total. The Morgan fingerprint density at radius 2 is 2.26 bits per heavy atom. The quantitative estimate of drug-likeness (QED) is 0.406. The third kappa shape index (κ3) is 2.75. The SMILES string of the molecule is O=C1CNNC(N/N=C/c2ccc3c(c2)OCO3)N1. The van der Waals surface area contributed by atoms with Crippen molar-refractivity contribution in [2.45, 2.75) is 6.29 Å². The lowest BCUT2D eigenvalue weighted by atomic mass is 10.2. The Morgan fingerprint density at radius 3 is 3.16 bits per heavy atom. The number of hydrazine groups is 1. The van der Waals surface area contributed by atoms with Gasteiger partial charge in [0.15, 0.2) is 17.8 Å². The first-order valence-corrected chi connectivity index (χ1v) is 5.77. The van der Waals surface area contributed by atoms with Crippen LogP contribution in [-0.4, -0.2) is 31.7 Å². The Kier molecular flexibility index (Phi) is 3.17. The van der Waals surface area contributed by atoms with Crippen molar-refractivity contribution in [1.82, 2.24) is 21.6 Å². The van der Waals surface area contributed by atoms with Crippen molar-refractivity contribution >= 4 is 12.1 Å². The van der Waals surface area contributed by atoms with Crippen LogP contribution in [0.4, 0.5) is 0 Å². The summed E-state index contributed by atoms with van der Waals surface area (Å²) in [6, 6.07) is 5.52. The van der Waals surface area contributed by atoms with Crippen LogP contribution < -0.4 is 31.1 Å². The second-order valence-corrected chi connectivity index (χ2v) is 4.00. The van der Waals surface area contributed by atoms with E-state index in [4.69, 9.17) is 9.47 Å². The molecule has 1 amide bonds. The lowest BCUT2D eigenvalue weighted by molar-refractivity contribution is -0.123. The van der Waals surface area contributed by atoms with Crippen molar-refractivity contribution in [3.63, 3.8) is 0 Å². The van der Waals surface area contributed by atoms with Crippen LogP contribution in [0.3, 0.4) is 0 Å². The van der Waals surface area contributed by atoms with Gasteiger partial charge >= 0.3 is 0 Å². The van der Waals surface area contributed by atoms with E-state index in [0.29, 0.717) is 5.75 Å². The highest BCUT2D eigenvalue weighted by molar-refractivity contribution is 5.81. The fraction of sp³-hybridized carbons (Fsp3) is 0.273. The predicted octanol–water partition coefficient (Wildman–Crippen LogP) is -1.15. The molecule has 0 radical (unpaired) electrons. The van der Waals surface area contributed by atoms with E-state index in [2.05, 4.69) is 26.7 Å². The first-order chi connectivity index (χ1) is 9.31. The number of nitrogens with one attached hydrogen (secondary N) is 4. The Balaban J connectivity index is 1.58. The van der Waals surface area contributed by atoms with Crippen LogP contribution in [-0.2, 0) is 4.79 Å². The lowest BCUT2D eigenvalue weighted by Crippen LogP contribution is -2.64. The van der Waals surface area contributed by atoms with Crippen LogP contribution in [0, 0.1) is 0 Å². The second-order valence-electron chi connectivity index (χ2n) is 4.00. The molecule has 0 spiro atoms. The molecule has 19 heavy (non-hydrogen) atoms. The fourth-order valence-electron chi connectivity index (χ4n) is 1.73. The highest BCUT2D eigenvalue weighted by atomic mass is 16.7. The van der Waals surface area contributed by atoms with Gasteiger partial charge in [-0.25, -0.2) is 10.9 Å². The zero-order valence-corrected chi connectivity index (χ0v) is 9.97. The Hall–Kier alpha value is -2.32. The molecule has 0 bridgehead atoms. The normalized spacial score (nSPS) is 21.5. The van der Waals surface area contributed by atoms with Crippen molar-refractivity contribution in [1.29, 1.82) is 0 Å². The average molecular weight is 263 g/mol. The largest absolute Gasteiger partial charge is 0.454 e. The maximum Gasteiger partial charge on any atom is 0.238 e. The van der Waals surface area contributed by atoms with Crippen LogP contribution in [0.25, 0.3) is 0 Å². The number of carbonyl (C=O) groups is 1. The molecule has 1 saturated heterocycles. The number of rotatable bonds is 3. The zero-order valence-electron chi connectivity index (χ0n) is 9.97. The summed E-state index contributed by atoms with van der Waals surface area (Å²) in [6.45, 7) is 0.488. The number of amides is 1. The Labute approximate surface area is 109 Å². The molecule has 2 heterocycles. The van der Waals surface area contributed by atoms with Crippen molar-refractivity contribution < 1.29 is 14.3 Å². The third-order valence-electron chi connectivity index (χ3n) is 2.61. The van der Waals surface area contributed by atoms with Gasteiger partial charge in [-0.05, 0) is 23.8 Å². The monoisotopic (exact) mass is 263 g/mol. The van der Waals surface area contributed by atoms with Crippen LogP contribution in [0.1, 0.15) is 5.56 Å². The topological polar surface area (TPSA) is 96.0 Å². The first kappa shape index (κ1) is 11.8. The molecule has 1 aromatic rings. The second kappa shape index (κ2) is 5.12. The van der Waals surface area contributed by atoms with Gasteiger partial charge in [0.1, 0.15) is 0 Å². The van der Waals surface area contributed by atoms with E-state index in [1.165, 1.54) is 0 Å². The minimum absolute atomic E-state index is 0.102. The molecule has 0 aromatic heterocycles. The van der Waals surface area contributed by atoms with E-state index in [-0.39, 0.29) is 19.2 Å². The van der Waals surface area contributed by atoms with Gasteiger partial charge < -0.3 is 14.8 Å². The van der Waals surface area contributed by atoms with Crippen molar-refractivity contribution in [2.75, 3.05) is 13.3 Å². The van der Waals surface area contributed by atoms with Crippen molar-refractivity contribution in [2.24, 2.45) is 5.10 Å². The molecule has 1 atom stereocenters. The van der Waals surface area contributed by atoms with Crippen molar-refractivity contribution in [3.05, 3.63) is 23.8 Å². The van der Waals surface area contributed by atoms with E-state index in [9.17, 15) is 4.79 Å². The lowest BCUT2D eigenvalue weighted by Gasteiger charge is -2.24. The number of hydrogen-bond donors (Lipinski definition) is 4. The molecule has 3 rings (SSSR count). The van der Waals surface area contributed by atoms with Crippen LogP contribution in [0.2, 0.25) is 0 Å².